The Morgan fingerprint density at radius 1 is 1.20 bits per heavy atom. The van der Waals surface area contributed by atoms with Crippen LogP contribution in [-0.2, 0) is 23.0 Å². The first-order chi connectivity index (χ1) is 11.9. The molecule has 2 aromatic rings. The van der Waals surface area contributed by atoms with E-state index >= 15 is 0 Å². The molecule has 3 rings (SSSR count). The van der Waals surface area contributed by atoms with Gasteiger partial charge in [-0.05, 0) is 61.1 Å². The molecule has 134 valence electrons. The Morgan fingerprint density at radius 2 is 1.96 bits per heavy atom. The molecule has 0 amide bonds. The van der Waals surface area contributed by atoms with Crippen LogP contribution in [0, 0.1) is 13.8 Å². The average molecular weight is 360 g/mol. The van der Waals surface area contributed by atoms with E-state index in [1.165, 1.54) is 11.4 Å². The Morgan fingerprint density at radius 3 is 2.64 bits per heavy atom. The SMILES string of the molecule is COc1c(C)cc(C)cc1S(=O)(=O)N1CCCc2cc(CN)ccc21. The van der Waals surface area contributed by atoms with Crippen LogP contribution in [0.1, 0.15) is 28.7 Å². The van der Waals surface area contributed by atoms with Crippen LogP contribution in [0.2, 0.25) is 0 Å². The third kappa shape index (κ3) is 3.12. The monoisotopic (exact) mass is 360 g/mol. The Balaban J connectivity index is 2.15. The topological polar surface area (TPSA) is 72.6 Å². The third-order valence-corrected chi connectivity index (χ3v) is 6.43. The van der Waals surface area contributed by atoms with Crippen LogP contribution in [0.15, 0.2) is 35.2 Å². The summed E-state index contributed by atoms with van der Waals surface area (Å²) in [6.07, 6.45) is 1.65. The normalized spacial score (nSPS) is 14.3. The number of ether oxygens (including phenoxy) is 1. The molecule has 0 fully saturated rings. The fraction of sp³-hybridized carbons (Fsp3) is 0.368. The van der Waals surface area contributed by atoms with E-state index in [1.807, 2.05) is 38.1 Å². The van der Waals surface area contributed by atoms with Crippen molar-refractivity contribution in [2.24, 2.45) is 5.73 Å². The molecule has 0 bridgehead atoms. The molecule has 6 heteroatoms. The highest BCUT2D eigenvalue weighted by molar-refractivity contribution is 7.93. The predicted molar refractivity (Wildman–Crippen MR) is 99.7 cm³/mol. The molecule has 0 atom stereocenters. The molecule has 1 aliphatic heterocycles. The lowest BCUT2D eigenvalue weighted by atomic mass is 10.0. The van der Waals surface area contributed by atoms with Crippen LogP contribution in [0.3, 0.4) is 0 Å². The summed E-state index contributed by atoms with van der Waals surface area (Å²) in [5.41, 5.74) is 10.2. The van der Waals surface area contributed by atoms with Gasteiger partial charge in [0.1, 0.15) is 10.6 Å². The minimum absolute atomic E-state index is 0.225. The van der Waals surface area contributed by atoms with Gasteiger partial charge in [0.2, 0.25) is 0 Å². The van der Waals surface area contributed by atoms with Crippen molar-refractivity contribution in [3.8, 4) is 5.75 Å². The number of rotatable bonds is 4. The fourth-order valence-electron chi connectivity index (χ4n) is 3.48. The van der Waals surface area contributed by atoms with Gasteiger partial charge < -0.3 is 10.5 Å². The first-order valence-electron chi connectivity index (χ1n) is 8.38. The van der Waals surface area contributed by atoms with Gasteiger partial charge in [-0.15, -0.1) is 0 Å². The summed E-state index contributed by atoms with van der Waals surface area (Å²) in [5, 5.41) is 0. The number of methoxy groups -OCH3 is 1. The quantitative estimate of drug-likeness (QED) is 0.910. The Kier molecular flexibility index (Phi) is 4.75. The van der Waals surface area contributed by atoms with Crippen LogP contribution < -0.4 is 14.8 Å². The minimum Gasteiger partial charge on any atom is -0.495 e. The first kappa shape index (κ1) is 17.8. The number of nitrogens with two attached hydrogens (primary N) is 1. The molecule has 0 saturated heterocycles. The maximum Gasteiger partial charge on any atom is 0.268 e. The summed E-state index contributed by atoms with van der Waals surface area (Å²) < 4.78 is 33.7. The molecule has 2 aromatic carbocycles. The van der Waals surface area contributed by atoms with Crippen molar-refractivity contribution in [2.75, 3.05) is 18.0 Å². The van der Waals surface area contributed by atoms with Crippen LogP contribution in [0.4, 0.5) is 5.69 Å². The maximum atomic E-state index is 13.4. The minimum atomic E-state index is -3.71. The Labute approximate surface area is 149 Å². The van der Waals surface area contributed by atoms with Gasteiger partial charge in [0.15, 0.2) is 0 Å². The largest absolute Gasteiger partial charge is 0.495 e. The molecular formula is C19H24N2O3S. The van der Waals surface area contributed by atoms with E-state index in [2.05, 4.69) is 0 Å². The Hall–Kier alpha value is -2.05. The Bertz CT molecular complexity index is 907. The zero-order valence-corrected chi connectivity index (χ0v) is 15.7. The molecular weight excluding hydrogens is 336 g/mol. The molecule has 0 aromatic heterocycles. The molecule has 25 heavy (non-hydrogen) atoms. The second-order valence-electron chi connectivity index (χ2n) is 6.46. The van der Waals surface area contributed by atoms with Gasteiger partial charge in [-0.3, -0.25) is 4.31 Å². The molecule has 0 unspecified atom stereocenters. The highest BCUT2D eigenvalue weighted by Crippen LogP contribution is 2.37. The van der Waals surface area contributed by atoms with E-state index in [-0.39, 0.29) is 4.90 Å². The molecule has 0 radical (unpaired) electrons. The predicted octanol–water partition coefficient (Wildman–Crippen LogP) is 2.91. The highest BCUT2D eigenvalue weighted by Gasteiger charge is 2.32. The summed E-state index contributed by atoms with van der Waals surface area (Å²) in [5.74, 6) is 0.413. The van der Waals surface area contributed by atoms with E-state index in [0.717, 1.165) is 40.8 Å². The fourth-order valence-corrected chi connectivity index (χ4v) is 5.34. The zero-order chi connectivity index (χ0) is 18.2. The lowest BCUT2D eigenvalue weighted by Gasteiger charge is -2.31. The number of nitrogens with zero attached hydrogens (tertiary/aromatic N) is 1. The van der Waals surface area contributed by atoms with E-state index in [0.29, 0.717) is 18.8 Å². The molecule has 5 nitrogen and oxygen atoms in total. The van der Waals surface area contributed by atoms with Crippen molar-refractivity contribution < 1.29 is 13.2 Å². The number of benzene rings is 2. The van der Waals surface area contributed by atoms with Crippen LogP contribution >= 0.6 is 0 Å². The van der Waals surface area contributed by atoms with Crippen LogP contribution in [0.5, 0.6) is 5.75 Å². The molecule has 0 aliphatic carbocycles. The van der Waals surface area contributed by atoms with Gasteiger partial charge in [0.05, 0.1) is 12.8 Å². The van der Waals surface area contributed by atoms with Crippen molar-refractivity contribution in [3.63, 3.8) is 0 Å². The lowest BCUT2D eigenvalue weighted by Crippen LogP contribution is -2.36. The number of aryl methyl sites for hydroxylation is 3. The summed E-state index contributed by atoms with van der Waals surface area (Å²) in [4.78, 5) is 0.225. The second kappa shape index (κ2) is 6.69. The van der Waals surface area contributed by atoms with Crippen molar-refractivity contribution >= 4 is 15.7 Å². The van der Waals surface area contributed by atoms with Gasteiger partial charge in [-0.1, -0.05) is 18.2 Å². The number of anilines is 1. The van der Waals surface area contributed by atoms with E-state index in [9.17, 15) is 8.42 Å². The van der Waals surface area contributed by atoms with E-state index < -0.39 is 10.0 Å². The molecule has 0 saturated carbocycles. The van der Waals surface area contributed by atoms with Gasteiger partial charge >= 0.3 is 0 Å². The number of fused-ring (bicyclic) bond motifs is 1. The van der Waals surface area contributed by atoms with E-state index in [1.54, 1.807) is 6.07 Å². The second-order valence-corrected chi connectivity index (χ2v) is 8.29. The summed E-state index contributed by atoms with van der Waals surface area (Å²) in [6.45, 7) is 4.67. The van der Waals surface area contributed by atoms with Crippen LogP contribution in [-0.4, -0.2) is 22.1 Å². The third-order valence-electron chi connectivity index (χ3n) is 4.61. The number of hydrogen-bond donors (Lipinski definition) is 1. The van der Waals surface area contributed by atoms with E-state index in [4.69, 9.17) is 10.5 Å². The maximum absolute atomic E-state index is 13.4. The first-order valence-corrected chi connectivity index (χ1v) is 9.82. The van der Waals surface area contributed by atoms with Crippen LogP contribution in [0.25, 0.3) is 0 Å². The van der Waals surface area contributed by atoms with Crippen molar-refractivity contribution in [3.05, 3.63) is 52.6 Å². The molecule has 0 spiro atoms. The van der Waals surface area contributed by atoms with Gasteiger partial charge in [-0.2, -0.15) is 0 Å². The standard InChI is InChI=1S/C19H24N2O3S/c1-13-9-14(2)19(24-3)18(10-13)25(22,23)21-8-4-5-16-11-15(12-20)6-7-17(16)21/h6-7,9-11H,4-5,8,12,20H2,1-3H3. The van der Waals surface area contributed by atoms with Crippen molar-refractivity contribution in [1.82, 2.24) is 0 Å². The summed E-state index contributed by atoms with van der Waals surface area (Å²) in [7, 11) is -2.20. The number of hydrogen-bond acceptors (Lipinski definition) is 4. The highest BCUT2D eigenvalue weighted by atomic mass is 32.2. The van der Waals surface area contributed by atoms with Gasteiger partial charge in [-0.25, -0.2) is 8.42 Å². The summed E-state index contributed by atoms with van der Waals surface area (Å²) in [6, 6.07) is 9.38. The molecule has 2 N–H and O–H groups in total. The molecule has 1 heterocycles. The smallest absolute Gasteiger partial charge is 0.268 e. The van der Waals surface area contributed by atoms with Gasteiger partial charge in [0, 0.05) is 13.1 Å². The molecule has 1 aliphatic rings. The van der Waals surface area contributed by atoms with Crippen molar-refractivity contribution in [2.45, 2.75) is 38.1 Å². The number of sulfonamides is 1. The summed E-state index contributed by atoms with van der Waals surface area (Å²) >= 11 is 0. The average Bonchev–Trinajstić information content (AvgIpc) is 2.60. The lowest BCUT2D eigenvalue weighted by molar-refractivity contribution is 0.399. The zero-order valence-electron chi connectivity index (χ0n) is 14.9. The van der Waals surface area contributed by atoms with Crippen molar-refractivity contribution in [1.29, 1.82) is 0 Å². The van der Waals surface area contributed by atoms with Gasteiger partial charge in [0.25, 0.3) is 10.0 Å².